The lowest BCUT2D eigenvalue weighted by molar-refractivity contribution is 0.527. The van der Waals surface area contributed by atoms with Crippen LogP contribution in [0.15, 0.2) is 57.0 Å². The zero-order valence-electron chi connectivity index (χ0n) is 9.88. The average Bonchev–Trinajstić information content (AvgIpc) is 2.79. The maximum atomic E-state index is 6.04. The maximum absolute atomic E-state index is 6.04. The summed E-state index contributed by atoms with van der Waals surface area (Å²) >= 11 is 1.62. The molecule has 2 heterocycles. The van der Waals surface area contributed by atoms with Crippen LogP contribution in [0.5, 0.6) is 0 Å². The van der Waals surface area contributed by atoms with Gasteiger partial charge in [0.2, 0.25) is 0 Å². The number of aromatic nitrogens is 1. The SMILES string of the molecule is Cc1occc1Sc1c(N)cnc2ccccc12. The van der Waals surface area contributed by atoms with Gasteiger partial charge in [0, 0.05) is 10.3 Å². The third-order valence-electron chi connectivity index (χ3n) is 2.78. The Hall–Kier alpha value is -1.94. The van der Waals surface area contributed by atoms with Crippen LogP contribution in [0.2, 0.25) is 0 Å². The molecule has 3 aromatic rings. The molecule has 2 N–H and O–H groups in total. The predicted octanol–water partition coefficient (Wildman–Crippen LogP) is 3.87. The molecule has 0 bridgehead atoms. The summed E-state index contributed by atoms with van der Waals surface area (Å²) < 4.78 is 5.31. The Balaban J connectivity index is 2.16. The first-order valence-electron chi connectivity index (χ1n) is 5.61. The predicted molar refractivity (Wildman–Crippen MR) is 73.7 cm³/mol. The van der Waals surface area contributed by atoms with E-state index in [1.165, 1.54) is 0 Å². The molecular formula is C14H12N2OS. The zero-order chi connectivity index (χ0) is 12.5. The monoisotopic (exact) mass is 256 g/mol. The van der Waals surface area contributed by atoms with E-state index in [9.17, 15) is 0 Å². The standard InChI is InChI=1S/C14H12N2OS/c1-9-13(6-7-17-9)18-14-10-4-2-3-5-12(10)16-8-11(14)15/h2-8H,15H2,1H3. The molecule has 2 aromatic heterocycles. The topological polar surface area (TPSA) is 52.0 Å². The molecule has 1 aromatic carbocycles. The van der Waals surface area contributed by atoms with Crippen molar-refractivity contribution in [2.45, 2.75) is 16.7 Å². The highest BCUT2D eigenvalue weighted by Crippen LogP contribution is 2.38. The summed E-state index contributed by atoms with van der Waals surface area (Å²) in [5.74, 6) is 0.903. The number of furan rings is 1. The van der Waals surface area contributed by atoms with Crippen LogP contribution in [0, 0.1) is 6.92 Å². The molecule has 0 unspecified atom stereocenters. The van der Waals surface area contributed by atoms with Crippen molar-refractivity contribution in [1.82, 2.24) is 4.98 Å². The number of aryl methyl sites for hydroxylation is 1. The first kappa shape index (κ1) is 11.2. The highest BCUT2D eigenvalue weighted by atomic mass is 32.2. The van der Waals surface area contributed by atoms with E-state index in [1.54, 1.807) is 24.2 Å². The number of benzene rings is 1. The average molecular weight is 256 g/mol. The Kier molecular flexibility index (Phi) is 2.72. The fourth-order valence-electron chi connectivity index (χ4n) is 1.83. The molecule has 0 saturated heterocycles. The maximum Gasteiger partial charge on any atom is 0.114 e. The number of para-hydroxylation sites is 1. The van der Waals surface area contributed by atoms with Gasteiger partial charge in [0.15, 0.2) is 0 Å². The van der Waals surface area contributed by atoms with E-state index < -0.39 is 0 Å². The lowest BCUT2D eigenvalue weighted by Crippen LogP contribution is -1.92. The highest BCUT2D eigenvalue weighted by molar-refractivity contribution is 7.99. The number of rotatable bonds is 2. The summed E-state index contributed by atoms with van der Waals surface area (Å²) in [7, 11) is 0. The molecule has 4 heteroatoms. The van der Waals surface area contributed by atoms with Gasteiger partial charge >= 0.3 is 0 Å². The summed E-state index contributed by atoms with van der Waals surface area (Å²) in [5, 5.41) is 1.07. The fraction of sp³-hybridized carbons (Fsp3) is 0.0714. The number of nitrogens with zero attached hydrogens (tertiary/aromatic N) is 1. The van der Waals surface area contributed by atoms with Crippen LogP contribution in [-0.4, -0.2) is 4.98 Å². The molecule has 0 saturated carbocycles. The van der Waals surface area contributed by atoms with Crippen molar-refractivity contribution < 1.29 is 4.42 Å². The fourth-order valence-corrected chi connectivity index (χ4v) is 2.82. The van der Waals surface area contributed by atoms with E-state index in [0.717, 1.165) is 26.5 Å². The van der Waals surface area contributed by atoms with Crippen LogP contribution >= 0.6 is 11.8 Å². The van der Waals surface area contributed by atoms with Gasteiger partial charge in [-0.3, -0.25) is 4.98 Å². The van der Waals surface area contributed by atoms with Gasteiger partial charge in [-0.25, -0.2) is 0 Å². The molecular weight excluding hydrogens is 244 g/mol. The number of hydrogen-bond donors (Lipinski definition) is 1. The lowest BCUT2D eigenvalue weighted by Gasteiger charge is -2.08. The zero-order valence-corrected chi connectivity index (χ0v) is 10.7. The van der Waals surface area contributed by atoms with Crippen molar-refractivity contribution in [3.8, 4) is 0 Å². The smallest absolute Gasteiger partial charge is 0.114 e. The highest BCUT2D eigenvalue weighted by Gasteiger charge is 2.10. The number of fused-ring (bicyclic) bond motifs is 1. The molecule has 0 atom stereocenters. The van der Waals surface area contributed by atoms with Crippen molar-refractivity contribution in [3.05, 3.63) is 48.6 Å². The van der Waals surface area contributed by atoms with Gasteiger partial charge in [-0.05, 0) is 19.1 Å². The number of pyridine rings is 1. The van der Waals surface area contributed by atoms with E-state index in [2.05, 4.69) is 4.98 Å². The molecule has 90 valence electrons. The lowest BCUT2D eigenvalue weighted by atomic mass is 10.2. The molecule has 0 aliphatic carbocycles. The summed E-state index contributed by atoms with van der Waals surface area (Å²) in [6.07, 6.45) is 3.40. The van der Waals surface area contributed by atoms with Crippen molar-refractivity contribution in [2.75, 3.05) is 5.73 Å². The van der Waals surface area contributed by atoms with Crippen LogP contribution in [0.25, 0.3) is 10.9 Å². The van der Waals surface area contributed by atoms with Crippen molar-refractivity contribution in [2.24, 2.45) is 0 Å². The summed E-state index contributed by atoms with van der Waals surface area (Å²) in [5.41, 5.74) is 7.69. The minimum atomic E-state index is 0.694. The molecule has 3 rings (SSSR count). The Morgan fingerprint density at radius 1 is 1.22 bits per heavy atom. The second-order valence-electron chi connectivity index (χ2n) is 4.00. The van der Waals surface area contributed by atoms with Gasteiger partial charge in [0.1, 0.15) is 5.76 Å². The van der Waals surface area contributed by atoms with Gasteiger partial charge in [0.05, 0.1) is 28.6 Å². The van der Waals surface area contributed by atoms with E-state index >= 15 is 0 Å². The van der Waals surface area contributed by atoms with E-state index in [1.807, 2.05) is 37.3 Å². The third kappa shape index (κ3) is 1.84. The molecule has 3 nitrogen and oxygen atoms in total. The van der Waals surface area contributed by atoms with Crippen LogP contribution in [-0.2, 0) is 0 Å². The van der Waals surface area contributed by atoms with Crippen LogP contribution in [0.4, 0.5) is 5.69 Å². The molecule has 0 aliphatic rings. The number of nitrogen functional groups attached to an aromatic ring is 1. The minimum Gasteiger partial charge on any atom is -0.468 e. The van der Waals surface area contributed by atoms with Crippen LogP contribution in [0.1, 0.15) is 5.76 Å². The van der Waals surface area contributed by atoms with Gasteiger partial charge in [-0.2, -0.15) is 0 Å². The Morgan fingerprint density at radius 2 is 2.06 bits per heavy atom. The quantitative estimate of drug-likeness (QED) is 0.756. The van der Waals surface area contributed by atoms with E-state index in [4.69, 9.17) is 10.2 Å². The van der Waals surface area contributed by atoms with E-state index in [0.29, 0.717) is 5.69 Å². The Bertz CT molecular complexity index is 706. The van der Waals surface area contributed by atoms with Crippen molar-refractivity contribution in [3.63, 3.8) is 0 Å². The normalized spacial score (nSPS) is 10.9. The second-order valence-corrected chi connectivity index (χ2v) is 5.06. The van der Waals surface area contributed by atoms with Crippen LogP contribution in [0.3, 0.4) is 0 Å². The molecule has 0 amide bonds. The summed E-state index contributed by atoms with van der Waals surface area (Å²) in [6, 6.07) is 9.95. The second kappa shape index (κ2) is 4.38. The summed E-state index contributed by atoms with van der Waals surface area (Å²) in [6.45, 7) is 1.95. The number of hydrogen-bond acceptors (Lipinski definition) is 4. The molecule has 0 fully saturated rings. The third-order valence-corrected chi connectivity index (χ3v) is 4.08. The first-order valence-corrected chi connectivity index (χ1v) is 6.42. The minimum absolute atomic E-state index is 0.694. The first-order chi connectivity index (χ1) is 8.75. The number of nitrogens with two attached hydrogens (primary N) is 1. The molecule has 0 radical (unpaired) electrons. The Labute approximate surface area is 109 Å². The van der Waals surface area contributed by atoms with E-state index in [-0.39, 0.29) is 0 Å². The van der Waals surface area contributed by atoms with Crippen molar-refractivity contribution in [1.29, 1.82) is 0 Å². The Morgan fingerprint density at radius 3 is 2.83 bits per heavy atom. The van der Waals surface area contributed by atoms with Gasteiger partial charge in [-0.1, -0.05) is 30.0 Å². The summed E-state index contributed by atoms with van der Waals surface area (Å²) in [4.78, 5) is 6.45. The van der Waals surface area contributed by atoms with Gasteiger partial charge < -0.3 is 10.2 Å². The molecule has 18 heavy (non-hydrogen) atoms. The molecule has 0 spiro atoms. The van der Waals surface area contributed by atoms with Gasteiger partial charge in [-0.15, -0.1) is 0 Å². The largest absolute Gasteiger partial charge is 0.468 e. The number of anilines is 1. The van der Waals surface area contributed by atoms with Gasteiger partial charge in [0.25, 0.3) is 0 Å². The van der Waals surface area contributed by atoms with Crippen LogP contribution < -0.4 is 5.73 Å². The molecule has 0 aliphatic heterocycles. The van der Waals surface area contributed by atoms with Crippen molar-refractivity contribution >= 4 is 28.4 Å².